The monoisotopic (exact) mass is 416 g/mol. The number of ether oxygens (including phenoxy) is 1. The lowest BCUT2D eigenvalue weighted by Gasteiger charge is -2.09. The lowest BCUT2D eigenvalue weighted by molar-refractivity contribution is -0.117. The summed E-state index contributed by atoms with van der Waals surface area (Å²) in [5.74, 6) is -0.511. The van der Waals surface area contributed by atoms with Gasteiger partial charge >= 0.3 is 0 Å². The van der Waals surface area contributed by atoms with Gasteiger partial charge in [0.05, 0.1) is 17.2 Å². The number of carbonyl (C=O) groups excluding carboxylic acids is 2. The van der Waals surface area contributed by atoms with E-state index in [1.54, 1.807) is 29.7 Å². The molecule has 3 aromatic rings. The minimum atomic E-state index is -3.93. The highest BCUT2D eigenvalue weighted by molar-refractivity contribution is 7.90. The van der Waals surface area contributed by atoms with Crippen molar-refractivity contribution in [1.29, 1.82) is 0 Å². The van der Waals surface area contributed by atoms with Crippen LogP contribution in [-0.2, 0) is 14.8 Å². The maximum atomic E-state index is 12.8. The van der Waals surface area contributed by atoms with E-state index in [-0.39, 0.29) is 4.90 Å². The molecule has 152 valence electrons. The highest BCUT2D eigenvalue weighted by atomic mass is 32.2. The Balaban J connectivity index is 1.87. The Morgan fingerprint density at radius 2 is 1.86 bits per heavy atom. The number of hydrogen-bond donors (Lipinski definition) is 2. The van der Waals surface area contributed by atoms with Crippen LogP contribution in [-0.4, -0.2) is 36.2 Å². The smallest absolute Gasteiger partial charge is 0.274 e. The zero-order valence-electron chi connectivity index (χ0n) is 16.1. The Bertz CT molecular complexity index is 1180. The minimum absolute atomic E-state index is 0.0851. The molecule has 2 N–H and O–H groups in total. The fourth-order valence-electron chi connectivity index (χ4n) is 2.85. The molecule has 0 saturated heterocycles. The highest BCUT2D eigenvalue weighted by Crippen LogP contribution is 2.23. The Morgan fingerprint density at radius 1 is 1.17 bits per heavy atom. The number of anilines is 1. The van der Waals surface area contributed by atoms with Crippen molar-refractivity contribution in [2.24, 2.45) is 0 Å². The molecule has 0 atom stereocenters. The molecule has 0 fully saturated rings. The van der Waals surface area contributed by atoms with E-state index < -0.39 is 21.8 Å². The summed E-state index contributed by atoms with van der Waals surface area (Å²) >= 11 is 0. The SMILES string of the molecule is CCOc1cccn2c(C(=O)Nc3ccc(S(=O)(=O)NC(C)=O)cc3)c(C)nc12. The van der Waals surface area contributed by atoms with Gasteiger partial charge in [0.25, 0.3) is 15.9 Å². The summed E-state index contributed by atoms with van der Waals surface area (Å²) < 4.78 is 33.1. The number of fused-ring (bicyclic) bond motifs is 1. The number of pyridine rings is 1. The lowest BCUT2D eigenvalue weighted by Crippen LogP contribution is -2.28. The molecule has 0 bridgehead atoms. The molecule has 10 heteroatoms. The first-order chi connectivity index (χ1) is 13.7. The third-order valence-electron chi connectivity index (χ3n) is 4.00. The number of aromatic nitrogens is 2. The summed E-state index contributed by atoms with van der Waals surface area (Å²) in [6.07, 6.45) is 1.72. The molecule has 0 spiro atoms. The second-order valence-corrected chi connectivity index (χ2v) is 7.87. The van der Waals surface area contributed by atoms with Gasteiger partial charge in [-0.1, -0.05) is 0 Å². The molecule has 1 aromatic carbocycles. The zero-order chi connectivity index (χ0) is 21.2. The van der Waals surface area contributed by atoms with Crippen molar-refractivity contribution in [3.05, 3.63) is 54.0 Å². The van der Waals surface area contributed by atoms with Crippen LogP contribution in [0.1, 0.15) is 30.0 Å². The average Bonchev–Trinajstić information content (AvgIpc) is 2.98. The van der Waals surface area contributed by atoms with Gasteiger partial charge in [0.15, 0.2) is 11.4 Å². The van der Waals surface area contributed by atoms with Crippen molar-refractivity contribution in [1.82, 2.24) is 14.1 Å². The Labute approximate surface area is 167 Å². The second-order valence-electron chi connectivity index (χ2n) is 6.19. The first kappa shape index (κ1) is 20.3. The number of imidazole rings is 1. The second kappa shape index (κ2) is 7.92. The van der Waals surface area contributed by atoms with Crippen LogP contribution in [0, 0.1) is 6.92 Å². The number of sulfonamides is 1. The topological polar surface area (TPSA) is 119 Å². The van der Waals surface area contributed by atoms with Crippen LogP contribution >= 0.6 is 0 Å². The summed E-state index contributed by atoms with van der Waals surface area (Å²) in [7, 11) is -3.93. The third-order valence-corrected chi connectivity index (χ3v) is 5.45. The van der Waals surface area contributed by atoms with Crippen LogP contribution in [0.25, 0.3) is 5.65 Å². The predicted octanol–water partition coefficient (Wildman–Crippen LogP) is 2.12. The van der Waals surface area contributed by atoms with Gasteiger partial charge in [-0.05, 0) is 50.2 Å². The molecule has 9 nitrogen and oxygen atoms in total. The van der Waals surface area contributed by atoms with Crippen LogP contribution < -0.4 is 14.8 Å². The molecule has 0 aliphatic rings. The number of hydrogen-bond acceptors (Lipinski definition) is 6. The first-order valence-electron chi connectivity index (χ1n) is 8.78. The van der Waals surface area contributed by atoms with Crippen LogP contribution in [0.3, 0.4) is 0 Å². The van der Waals surface area contributed by atoms with Crippen molar-refractivity contribution in [2.75, 3.05) is 11.9 Å². The number of benzene rings is 1. The fourth-order valence-corrected chi connectivity index (χ4v) is 3.84. The summed E-state index contributed by atoms with van der Waals surface area (Å²) in [4.78, 5) is 28.2. The van der Waals surface area contributed by atoms with Crippen molar-refractivity contribution in [3.63, 3.8) is 0 Å². The van der Waals surface area contributed by atoms with Gasteiger partial charge in [0, 0.05) is 18.8 Å². The average molecular weight is 416 g/mol. The maximum absolute atomic E-state index is 12.8. The lowest BCUT2D eigenvalue weighted by atomic mass is 10.3. The molecule has 0 saturated carbocycles. The van der Waals surface area contributed by atoms with Gasteiger partial charge < -0.3 is 10.1 Å². The van der Waals surface area contributed by atoms with E-state index in [0.717, 1.165) is 6.92 Å². The zero-order valence-corrected chi connectivity index (χ0v) is 16.9. The molecule has 0 aliphatic heterocycles. The summed E-state index contributed by atoms with van der Waals surface area (Å²) in [6, 6.07) is 9.02. The number of aryl methyl sites for hydroxylation is 1. The predicted molar refractivity (Wildman–Crippen MR) is 106 cm³/mol. The van der Waals surface area contributed by atoms with E-state index in [1.807, 2.05) is 11.6 Å². The fraction of sp³-hybridized carbons (Fsp3) is 0.211. The Hall–Kier alpha value is -3.40. The van der Waals surface area contributed by atoms with E-state index in [9.17, 15) is 18.0 Å². The normalized spacial score (nSPS) is 11.3. The van der Waals surface area contributed by atoms with Gasteiger partial charge in [-0.25, -0.2) is 18.1 Å². The molecule has 0 radical (unpaired) electrons. The van der Waals surface area contributed by atoms with Gasteiger partial charge in [0.2, 0.25) is 5.91 Å². The number of nitrogens with zero attached hydrogens (tertiary/aromatic N) is 2. The molecule has 3 rings (SSSR count). The number of nitrogens with one attached hydrogen (secondary N) is 2. The first-order valence-corrected chi connectivity index (χ1v) is 10.3. The van der Waals surface area contributed by atoms with Gasteiger partial charge in [-0.15, -0.1) is 0 Å². The van der Waals surface area contributed by atoms with Crippen molar-refractivity contribution < 1.29 is 22.7 Å². The molecule has 2 amide bonds. The van der Waals surface area contributed by atoms with E-state index in [0.29, 0.717) is 35.1 Å². The number of amides is 2. The molecular formula is C19H20N4O5S. The Morgan fingerprint density at radius 3 is 2.48 bits per heavy atom. The molecule has 2 aromatic heterocycles. The number of rotatable bonds is 6. The standard InChI is InChI=1S/C19H20N4O5S/c1-4-28-16-6-5-11-23-17(12(2)20-18(16)23)19(25)21-14-7-9-15(10-8-14)29(26,27)22-13(3)24/h5-11H,4H2,1-3H3,(H,21,25)(H,22,24). The van der Waals surface area contributed by atoms with Crippen molar-refractivity contribution in [3.8, 4) is 5.75 Å². The molecule has 29 heavy (non-hydrogen) atoms. The highest BCUT2D eigenvalue weighted by Gasteiger charge is 2.20. The number of carbonyl (C=O) groups is 2. The van der Waals surface area contributed by atoms with E-state index >= 15 is 0 Å². The van der Waals surface area contributed by atoms with Crippen molar-refractivity contribution >= 4 is 33.2 Å². The van der Waals surface area contributed by atoms with E-state index in [4.69, 9.17) is 4.74 Å². The van der Waals surface area contributed by atoms with Crippen LogP contribution in [0.4, 0.5) is 5.69 Å². The van der Waals surface area contributed by atoms with E-state index in [2.05, 4.69) is 10.3 Å². The van der Waals surface area contributed by atoms with Gasteiger partial charge in [-0.2, -0.15) is 0 Å². The van der Waals surface area contributed by atoms with Crippen LogP contribution in [0.15, 0.2) is 47.5 Å². The Kier molecular flexibility index (Phi) is 5.55. The summed E-state index contributed by atoms with van der Waals surface area (Å²) in [5.41, 5.74) is 1.80. The third kappa shape index (κ3) is 4.21. The molecule has 0 unspecified atom stereocenters. The maximum Gasteiger partial charge on any atom is 0.274 e. The largest absolute Gasteiger partial charge is 0.490 e. The summed E-state index contributed by atoms with van der Waals surface area (Å²) in [5, 5.41) is 2.73. The van der Waals surface area contributed by atoms with Crippen LogP contribution in [0.5, 0.6) is 5.75 Å². The summed E-state index contributed by atoms with van der Waals surface area (Å²) in [6.45, 7) is 5.17. The van der Waals surface area contributed by atoms with Crippen molar-refractivity contribution in [2.45, 2.75) is 25.7 Å². The molecular weight excluding hydrogens is 396 g/mol. The van der Waals surface area contributed by atoms with Crippen LogP contribution in [0.2, 0.25) is 0 Å². The van der Waals surface area contributed by atoms with Gasteiger partial charge in [-0.3, -0.25) is 14.0 Å². The van der Waals surface area contributed by atoms with Gasteiger partial charge in [0.1, 0.15) is 5.69 Å². The molecule has 2 heterocycles. The minimum Gasteiger partial charge on any atom is -0.490 e. The van der Waals surface area contributed by atoms with E-state index in [1.165, 1.54) is 24.3 Å². The molecule has 0 aliphatic carbocycles. The quantitative estimate of drug-likeness (QED) is 0.635.